The molecule has 21 heavy (non-hydrogen) atoms. The summed E-state index contributed by atoms with van der Waals surface area (Å²) in [6.45, 7) is 6.81. The van der Waals surface area contributed by atoms with Gasteiger partial charge in [-0.25, -0.2) is 0 Å². The minimum atomic E-state index is -0.0797. The third-order valence-electron chi connectivity index (χ3n) is 4.35. The number of hydrogen-bond acceptors (Lipinski definition) is 3. The summed E-state index contributed by atoms with van der Waals surface area (Å²) in [5.74, 6) is 1.70. The molecule has 5 heteroatoms. The van der Waals surface area contributed by atoms with E-state index in [0.29, 0.717) is 32.0 Å². The molecule has 1 aliphatic carbocycles. The van der Waals surface area contributed by atoms with Crippen LogP contribution in [0.25, 0.3) is 0 Å². The quantitative estimate of drug-likeness (QED) is 0.636. The fourth-order valence-corrected chi connectivity index (χ4v) is 4.60. The van der Waals surface area contributed by atoms with Crippen LogP contribution < -0.4 is 0 Å². The van der Waals surface area contributed by atoms with Crippen molar-refractivity contribution in [3.8, 4) is 0 Å². The summed E-state index contributed by atoms with van der Waals surface area (Å²) < 4.78 is 6.95. The van der Waals surface area contributed by atoms with Crippen molar-refractivity contribution in [2.75, 3.05) is 6.61 Å². The van der Waals surface area contributed by atoms with Crippen molar-refractivity contribution in [1.29, 1.82) is 0 Å². The van der Waals surface area contributed by atoms with E-state index >= 15 is 0 Å². The Bertz CT molecular complexity index is 498. The molecule has 1 aromatic rings. The van der Waals surface area contributed by atoms with E-state index in [1.165, 1.54) is 24.2 Å². The van der Waals surface area contributed by atoms with Crippen LogP contribution in [0.5, 0.6) is 0 Å². The van der Waals surface area contributed by atoms with Gasteiger partial charge in [0.25, 0.3) is 0 Å². The van der Waals surface area contributed by atoms with Crippen LogP contribution in [-0.2, 0) is 4.74 Å². The topological polar surface area (TPSA) is 26.3 Å². The highest BCUT2D eigenvalue weighted by molar-refractivity contribution is 7.20. The Morgan fingerprint density at radius 3 is 2.71 bits per heavy atom. The standard InChI is InChI=1S/C16H22Cl2O2S/c1-9(2)11-5-4-10(3)6-14(11)20-8-13(19)12-7-15(17)21-16(12)18/h7,9-11,14H,4-6,8H2,1-3H3. The molecule has 118 valence electrons. The average molecular weight is 349 g/mol. The molecule has 0 N–H and O–H groups in total. The third-order valence-corrected chi connectivity index (χ3v) is 5.83. The highest BCUT2D eigenvalue weighted by Gasteiger charge is 2.32. The number of halogens is 2. The van der Waals surface area contributed by atoms with Crippen molar-refractivity contribution in [3.05, 3.63) is 20.3 Å². The zero-order valence-electron chi connectivity index (χ0n) is 12.7. The van der Waals surface area contributed by atoms with Gasteiger partial charge in [0.1, 0.15) is 10.9 Å². The molecule has 0 saturated heterocycles. The molecule has 0 bridgehead atoms. The lowest BCUT2D eigenvalue weighted by Gasteiger charge is -2.37. The first-order valence-corrected chi connectivity index (χ1v) is 9.05. The van der Waals surface area contributed by atoms with Gasteiger partial charge in [-0.05, 0) is 36.7 Å². The molecule has 3 unspecified atom stereocenters. The van der Waals surface area contributed by atoms with E-state index in [9.17, 15) is 4.79 Å². The Balaban J connectivity index is 1.97. The van der Waals surface area contributed by atoms with Crippen LogP contribution in [0, 0.1) is 17.8 Å². The Kier molecular flexibility index (Phi) is 6.13. The van der Waals surface area contributed by atoms with Crippen LogP contribution in [0.4, 0.5) is 0 Å². The lowest BCUT2D eigenvalue weighted by molar-refractivity contribution is -0.0309. The lowest BCUT2D eigenvalue weighted by atomic mass is 9.75. The molecule has 3 atom stereocenters. The van der Waals surface area contributed by atoms with Crippen molar-refractivity contribution in [3.63, 3.8) is 0 Å². The first kappa shape index (κ1) is 17.3. The number of ketones is 1. The van der Waals surface area contributed by atoms with Gasteiger partial charge in [-0.1, -0.05) is 50.4 Å². The van der Waals surface area contributed by atoms with Gasteiger partial charge >= 0.3 is 0 Å². The van der Waals surface area contributed by atoms with E-state index in [4.69, 9.17) is 27.9 Å². The molecule has 1 fully saturated rings. The smallest absolute Gasteiger partial charge is 0.190 e. The van der Waals surface area contributed by atoms with E-state index < -0.39 is 0 Å². The number of carbonyl (C=O) groups excluding carboxylic acids is 1. The number of ether oxygens (including phenoxy) is 1. The summed E-state index contributed by atoms with van der Waals surface area (Å²) in [4.78, 5) is 12.2. The maximum atomic E-state index is 12.2. The van der Waals surface area contributed by atoms with Gasteiger partial charge in [0.2, 0.25) is 0 Å². The second-order valence-corrected chi connectivity index (χ2v) is 8.62. The molecule has 1 aliphatic rings. The molecule has 2 rings (SSSR count). The van der Waals surface area contributed by atoms with E-state index in [1.807, 2.05) is 0 Å². The number of thiophene rings is 1. The first-order chi connectivity index (χ1) is 9.88. The molecule has 0 spiro atoms. The molecule has 0 aliphatic heterocycles. The van der Waals surface area contributed by atoms with Gasteiger partial charge in [0.05, 0.1) is 16.0 Å². The predicted octanol–water partition coefficient (Wildman–Crippen LogP) is 5.72. The Labute approximate surface area is 140 Å². The van der Waals surface area contributed by atoms with Crippen LogP contribution in [0.15, 0.2) is 6.07 Å². The fourth-order valence-electron chi connectivity index (χ4n) is 3.10. The Morgan fingerprint density at radius 1 is 1.43 bits per heavy atom. The van der Waals surface area contributed by atoms with Crippen LogP contribution in [0.2, 0.25) is 8.67 Å². The van der Waals surface area contributed by atoms with Crippen molar-refractivity contribution >= 4 is 40.3 Å². The Hall–Kier alpha value is -0.0900. The van der Waals surface area contributed by atoms with Gasteiger partial charge in [-0.3, -0.25) is 4.79 Å². The molecule has 1 heterocycles. The molecular formula is C16H22Cl2O2S. The minimum absolute atomic E-state index is 0.0797. The lowest BCUT2D eigenvalue weighted by Crippen LogP contribution is -2.35. The van der Waals surface area contributed by atoms with Gasteiger partial charge in [-0.15, -0.1) is 11.3 Å². The van der Waals surface area contributed by atoms with E-state index in [-0.39, 0.29) is 18.5 Å². The molecule has 0 radical (unpaired) electrons. The van der Waals surface area contributed by atoms with Crippen molar-refractivity contribution in [2.45, 2.75) is 46.1 Å². The van der Waals surface area contributed by atoms with Crippen LogP contribution >= 0.6 is 34.5 Å². The van der Waals surface area contributed by atoms with E-state index in [1.54, 1.807) is 6.07 Å². The average Bonchev–Trinajstić information content (AvgIpc) is 2.74. The number of hydrogen-bond donors (Lipinski definition) is 0. The molecule has 2 nitrogen and oxygen atoms in total. The number of Topliss-reactive ketones (excluding diaryl/α,β-unsaturated/α-hetero) is 1. The minimum Gasteiger partial charge on any atom is -0.370 e. The SMILES string of the molecule is CC1CCC(C(C)C)C(OCC(=O)c2cc(Cl)sc2Cl)C1. The van der Waals surface area contributed by atoms with E-state index in [0.717, 1.165) is 6.42 Å². The molecule has 0 aromatic carbocycles. The maximum absolute atomic E-state index is 12.2. The Morgan fingerprint density at radius 2 is 2.14 bits per heavy atom. The largest absolute Gasteiger partial charge is 0.370 e. The summed E-state index contributed by atoms with van der Waals surface area (Å²) in [6.07, 6.45) is 3.64. The fraction of sp³-hybridized carbons (Fsp3) is 0.688. The monoisotopic (exact) mass is 348 g/mol. The molecular weight excluding hydrogens is 327 g/mol. The van der Waals surface area contributed by atoms with Crippen LogP contribution in [0.3, 0.4) is 0 Å². The summed E-state index contributed by atoms with van der Waals surface area (Å²) in [5, 5.41) is 0. The summed E-state index contributed by atoms with van der Waals surface area (Å²) >= 11 is 13.1. The second-order valence-electron chi connectivity index (χ2n) is 6.34. The van der Waals surface area contributed by atoms with Gasteiger partial charge in [-0.2, -0.15) is 0 Å². The zero-order valence-corrected chi connectivity index (χ0v) is 15.0. The number of carbonyl (C=O) groups is 1. The van der Waals surface area contributed by atoms with Gasteiger partial charge in [0, 0.05) is 0 Å². The van der Waals surface area contributed by atoms with E-state index in [2.05, 4.69) is 20.8 Å². The molecule has 1 saturated carbocycles. The van der Waals surface area contributed by atoms with Crippen molar-refractivity contribution in [2.24, 2.45) is 17.8 Å². The van der Waals surface area contributed by atoms with Crippen molar-refractivity contribution in [1.82, 2.24) is 0 Å². The maximum Gasteiger partial charge on any atom is 0.190 e. The zero-order chi connectivity index (χ0) is 15.6. The van der Waals surface area contributed by atoms with Gasteiger partial charge in [0.15, 0.2) is 5.78 Å². The second kappa shape index (κ2) is 7.45. The van der Waals surface area contributed by atoms with Crippen LogP contribution in [-0.4, -0.2) is 18.5 Å². The van der Waals surface area contributed by atoms with Crippen molar-refractivity contribution < 1.29 is 9.53 Å². The van der Waals surface area contributed by atoms with Crippen LogP contribution in [0.1, 0.15) is 50.4 Å². The highest BCUT2D eigenvalue weighted by Crippen LogP contribution is 2.36. The molecule has 0 amide bonds. The third kappa shape index (κ3) is 4.44. The summed E-state index contributed by atoms with van der Waals surface area (Å²) in [6, 6.07) is 1.63. The highest BCUT2D eigenvalue weighted by atomic mass is 35.5. The summed E-state index contributed by atoms with van der Waals surface area (Å²) in [7, 11) is 0. The molecule has 1 aromatic heterocycles. The normalized spacial score (nSPS) is 26.3. The summed E-state index contributed by atoms with van der Waals surface area (Å²) in [5.41, 5.74) is 0.483. The number of rotatable bonds is 5. The van der Waals surface area contributed by atoms with Gasteiger partial charge < -0.3 is 4.74 Å². The first-order valence-electron chi connectivity index (χ1n) is 7.48. The predicted molar refractivity (Wildman–Crippen MR) is 89.8 cm³/mol.